The maximum absolute atomic E-state index is 12.5. The molecule has 0 unspecified atom stereocenters. The minimum absolute atomic E-state index is 0.202. The Bertz CT molecular complexity index is 1440. The highest BCUT2D eigenvalue weighted by molar-refractivity contribution is 5.82. The molecule has 0 N–H and O–H groups in total. The van der Waals surface area contributed by atoms with Crippen LogP contribution < -0.4 is 5.56 Å². The molecule has 0 saturated carbocycles. The summed E-state index contributed by atoms with van der Waals surface area (Å²) in [6, 6.07) is 20.3. The third-order valence-corrected chi connectivity index (χ3v) is 6.70. The molecule has 3 aromatic rings. The van der Waals surface area contributed by atoms with Crippen molar-refractivity contribution in [3.05, 3.63) is 106 Å². The Labute approximate surface area is 224 Å². The van der Waals surface area contributed by atoms with E-state index in [1.165, 1.54) is 10.7 Å². The molecular formula is C31H33N5O2. The summed E-state index contributed by atoms with van der Waals surface area (Å²) in [5.41, 5.74) is 4.13. The first-order valence-corrected chi connectivity index (χ1v) is 12.8. The molecule has 0 amide bonds. The van der Waals surface area contributed by atoms with Gasteiger partial charge < -0.3 is 9.64 Å². The van der Waals surface area contributed by atoms with Crippen LogP contribution in [-0.2, 0) is 11.3 Å². The van der Waals surface area contributed by atoms with E-state index in [4.69, 9.17) is 4.74 Å². The lowest BCUT2D eigenvalue weighted by Gasteiger charge is -2.28. The number of ether oxygens (including phenoxy) is 1. The second-order valence-corrected chi connectivity index (χ2v) is 9.56. The van der Waals surface area contributed by atoms with Crippen molar-refractivity contribution in [2.24, 2.45) is 10.9 Å². The topological polar surface area (TPSA) is 83.5 Å². The summed E-state index contributed by atoms with van der Waals surface area (Å²) >= 11 is 0. The van der Waals surface area contributed by atoms with Gasteiger partial charge in [0.15, 0.2) is 0 Å². The van der Waals surface area contributed by atoms with E-state index in [0.717, 1.165) is 48.4 Å². The minimum atomic E-state index is -0.202. The Morgan fingerprint density at radius 2 is 1.97 bits per heavy atom. The fraction of sp³-hybridized carbons (Fsp3) is 0.290. The molecule has 4 rings (SSSR count). The van der Waals surface area contributed by atoms with Gasteiger partial charge in [-0.25, -0.2) is 4.68 Å². The molecule has 0 atom stereocenters. The van der Waals surface area contributed by atoms with Gasteiger partial charge >= 0.3 is 0 Å². The molecule has 1 aromatic heterocycles. The van der Waals surface area contributed by atoms with Crippen LogP contribution in [0.2, 0.25) is 0 Å². The standard InChI is InChI=1S/C31H33N5O2/c1-4-29(38-22-24-13-15-35(3)16-14-24)20-33-23(2)27-9-6-8-26(18-27)21-36-31(37)12-11-30(34-36)28-10-5-7-25(17-28)19-32/h4-12,17-18,20,24H,2,13-16,21-22H2,1,3H3/b29-4+,33-20-. The highest BCUT2D eigenvalue weighted by atomic mass is 16.5. The van der Waals surface area contributed by atoms with Crippen molar-refractivity contribution in [3.63, 3.8) is 0 Å². The maximum Gasteiger partial charge on any atom is 0.267 e. The molecular weight excluding hydrogens is 474 g/mol. The summed E-state index contributed by atoms with van der Waals surface area (Å²) in [5.74, 6) is 1.30. The van der Waals surface area contributed by atoms with E-state index in [-0.39, 0.29) is 5.56 Å². The first-order valence-electron chi connectivity index (χ1n) is 12.8. The van der Waals surface area contributed by atoms with Gasteiger partial charge in [0.05, 0.1) is 42.4 Å². The Morgan fingerprint density at radius 1 is 1.18 bits per heavy atom. The van der Waals surface area contributed by atoms with Crippen LogP contribution in [0.25, 0.3) is 17.0 Å². The molecule has 0 spiro atoms. The predicted octanol–water partition coefficient (Wildman–Crippen LogP) is 5.13. The van der Waals surface area contributed by atoms with E-state index < -0.39 is 0 Å². The highest BCUT2D eigenvalue weighted by Crippen LogP contribution is 2.20. The smallest absolute Gasteiger partial charge is 0.267 e. The number of hydrogen-bond acceptors (Lipinski definition) is 6. The normalized spacial score (nSPS) is 14.9. The van der Waals surface area contributed by atoms with Gasteiger partial charge in [0, 0.05) is 11.6 Å². The van der Waals surface area contributed by atoms with E-state index in [0.29, 0.717) is 36.0 Å². The van der Waals surface area contributed by atoms with Crippen molar-refractivity contribution in [3.8, 4) is 17.3 Å². The number of rotatable bonds is 9. The molecule has 2 heterocycles. The van der Waals surface area contributed by atoms with Gasteiger partial charge in [-0.3, -0.25) is 9.79 Å². The lowest BCUT2D eigenvalue weighted by Crippen LogP contribution is -2.31. The SMILES string of the molecule is C=C(/N=C\C(=C/C)OCC1CCN(C)CC1)c1cccc(Cn2nc(-c3cccc(C#N)c3)ccc2=O)c1. The molecule has 1 fully saturated rings. The zero-order valence-corrected chi connectivity index (χ0v) is 22.0. The summed E-state index contributed by atoms with van der Waals surface area (Å²) in [6.45, 7) is 9.29. The van der Waals surface area contributed by atoms with Crippen LogP contribution in [0.3, 0.4) is 0 Å². The maximum atomic E-state index is 12.5. The highest BCUT2D eigenvalue weighted by Gasteiger charge is 2.17. The fourth-order valence-electron chi connectivity index (χ4n) is 4.34. The monoisotopic (exact) mass is 507 g/mol. The van der Waals surface area contributed by atoms with Gasteiger partial charge in [0.1, 0.15) is 5.76 Å². The average Bonchev–Trinajstić information content (AvgIpc) is 2.95. The molecule has 1 saturated heterocycles. The Morgan fingerprint density at radius 3 is 2.74 bits per heavy atom. The number of hydrogen-bond donors (Lipinski definition) is 0. The Kier molecular flexibility index (Phi) is 9.02. The third kappa shape index (κ3) is 7.15. The zero-order valence-electron chi connectivity index (χ0n) is 22.0. The van der Waals surface area contributed by atoms with E-state index in [9.17, 15) is 10.1 Å². The largest absolute Gasteiger partial charge is 0.492 e. The summed E-state index contributed by atoms with van der Waals surface area (Å²) in [5, 5.41) is 13.7. The van der Waals surface area contributed by atoms with Crippen LogP contribution in [0, 0.1) is 17.2 Å². The van der Waals surface area contributed by atoms with Gasteiger partial charge in [-0.1, -0.05) is 36.9 Å². The van der Waals surface area contributed by atoms with Gasteiger partial charge in [-0.05, 0) is 87.3 Å². The van der Waals surface area contributed by atoms with E-state index in [1.54, 1.807) is 30.5 Å². The van der Waals surface area contributed by atoms with Crippen LogP contribution in [-0.4, -0.2) is 47.6 Å². The number of piperidine rings is 1. The predicted molar refractivity (Wildman–Crippen MR) is 152 cm³/mol. The molecule has 0 aliphatic carbocycles. The van der Waals surface area contributed by atoms with Crippen LogP contribution in [0.1, 0.15) is 36.5 Å². The van der Waals surface area contributed by atoms with Gasteiger partial charge in [-0.15, -0.1) is 0 Å². The second kappa shape index (κ2) is 12.8. The molecule has 7 heteroatoms. The molecule has 1 aliphatic rings. The number of allylic oxidation sites excluding steroid dienone is 2. The molecule has 38 heavy (non-hydrogen) atoms. The average molecular weight is 508 g/mol. The summed E-state index contributed by atoms with van der Waals surface area (Å²) in [7, 11) is 2.16. The zero-order chi connectivity index (χ0) is 26.9. The van der Waals surface area contributed by atoms with Crippen molar-refractivity contribution in [2.45, 2.75) is 26.3 Å². The molecule has 0 radical (unpaired) electrons. The Balaban J connectivity index is 1.42. The van der Waals surface area contributed by atoms with Crippen LogP contribution in [0.5, 0.6) is 0 Å². The number of nitrogens with zero attached hydrogens (tertiary/aromatic N) is 5. The number of likely N-dealkylation sites (tertiary alicyclic amines) is 1. The summed E-state index contributed by atoms with van der Waals surface area (Å²) < 4.78 is 7.44. The van der Waals surface area contributed by atoms with Crippen LogP contribution >= 0.6 is 0 Å². The van der Waals surface area contributed by atoms with Crippen molar-refractivity contribution in [2.75, 3.05) is 26.7 Å². The number of aromatic nitrogens is 2. The molecule has 194 valence electrons. The summed E-state index contributed by atoms with van der Waals surface area (Å²) in [6.07, 6.45) is 5.93. The molecule has 7 nitrogen and oxygen atoms in total. The summed E-state index contributed by atoms with van der Waals surface area (Å²) in [4.78, 5) is 19.4. The van der Waals surface area contributed by atoms with E-state index in [1.807, 2.05) is 43.3 Å². The number of benzene rings is 2. The van der Waals surface area contributed by atoms with Crippen molar-refractivity contribution in [1.29, 1.82) is 5.26 Å². The van der Waals surface area contributed by atoms with E-state index in [2.05, 4.69) is 34.7 Å². The molecule has 2 aromatic carbocycles. The molecule has 1 aliphatic heterocycles. The van der Waals surface area contributed by atoms with E-state index >= 15 is 0 Å². The molecule has 0 bridgehead atoms. The first kappa shape index (κ1) is 26.8. The minimum Gasteiger partial charge on any atom is -0.492 e. The number of aliphatic imine (C=N–C) groups is 1. The van der Waals surface area contributed by atoms with Crippen molar-refractivity contribution in [1.82, 2.24) is 14.7 Å². The lowest BCUT2D eigenvalue weighted by atomic mass is 9.98. The Hall–Kier alpha value is -4.28. The van der Waals surface area contributed by atoms with Gasteiger partial charge in [0.25, 0.3) is 5.56 Å². The fourth-order valence-corrected chi connectivity index (χ4v) is 4.34. The van der Waals surface area contributed by atoms with Crippen molar-refractivity contribution >= 4 is 11.9 Å². The quantitative estimate of drug-likeness (QED) is 0.296. The second-order valence-electron chi connectivity index (χ2n) is 9.56. The lowest BCUT2D eigenvalue weighted by molar-refractivity contribution is 0.126. The third-order valence-electron chi connectivity index (χ3n) is 6.70. The van der Waals surface area contributed by atoms with Crippen LogP contribution in [0.15, 0.2) is 88.9 Å². The number of nitriles is 1. The van der Waals surface area contributed by atoms with Crippen molar-refractivity contribution < 1.29 is 4.74 Å². The first-order chi connectivity index (χ1) is 18.4. The van der Waals surface area contributed by atoms with Gasteiger partial charge in [-0.2, -0.15) is 10.4 Å². The van der Waals surface area contributed by atoms with Crippen LogP contribution in [0.4, 0.5) is 0 Å². The van der Waals surface area contributed by atoms with Gasteiger partial charge in [0.2, 0.25) is 0 Å².